The molecular weight excluding hydrogens is 212 g/mol. The number of hydrogen-bond donors (Lipinski definition) is 2. The standard InChI is InChI=1S/C6H12N2O5S/c1-8(5-2-3-13-4-5)14(11,12)7-6(9)10/h5,7H,2-4H2,1H3,(H,9,10). The van der Waals surface area contributed by atoms with Crippen LogP contribution in [0.3, 0.4) is 0 Å². The first-order valence-corrected chi connectivity index (χ1v) is 5.44. The lowest BCUT2D eigenvalue weighted by molar-refractivity contribution is 0.179. The first-order valence-electron chi connectivity index (χ1n) is 4.00. The van der Waals surface area contributed by atoms with Gasteiger partial charge in [0.15, 0.2) is 0 Å². The van der Waals surface area contributed by atoms with Crippen molar-refractivity contribution >= 4 is 16.3 Å². The molecular formula is C6H12N2O5S. The van der Waals surface area contributed by atoms with E-state index >= 15 is 0 Å². The lowest BCUT2D eigenvalue weighted by atomic mass is 10.3. The zero-order chi connectivity index (χ0) is 10.8. The Morgan fingerprint density at radius 3 is 2.71 bits per heavy atom. The second kappa shape index (κ2) is 4.11. The van der Waals surface area contributed by atoms with Crippen molar-refractivity contribution < 1.29 is 23.1 Å². The molecule has 8 heteroatoms. The molecule has 0 aromatic heterocycles. The second-order valence-corrected chi connectivity index (χ2v) is 4.68. The molecule has 0 saturated carbocycles. The van der Waals surface area contributed by atoms with Crippen molar-refractivity contribution in [1.29, 1.82) is 0 Å². The van der Waals surface area contributed by atoms with Crippen LogP contribution in [-0.2, 0) is 14.9 Å². The molecule has 2 N–H and O–H groups in total. The summed E-state index contributed by atoms with van der Waals surface area (Å²) < 4.78 is 30.0. The summed E-state index contributed by atoms with van der Waals surface area (Å²) in [5.41, 5.74) is 0. The van der Waals surface area contributed by atoms with Gasteiger partial charge in [0.05, 0.1) is 12.6 Å². The summed E-state index contributed by atoms with van der Waals surface area (Å²) >= 11 is 0. The summed E-state index contributed by atoms with van der Waals surface area (Å²) in [4.78, 5) is 10.2. The van der Waals surface area contributed by atoms with E-state index in [1.54, 1.807) is 0 Å². The smallest absolute Gasteiger partial charge is 0.419 e. The fourth-order valence-corrected chi connectivity index (χ4v) is 2.11. The number of nitrogens with zero attached hydrogens (tertiary/aromatic N) is 1. The minimum absolute atomic E-state index is 0.285. The third kappa shape index (κ3) is 2.56. The van der Waals surface area contributed by atoms with E-state index in [9.17, 15) is 13.2 Å². The van der Waals surface area contributed by atoms with Crippen LogP contribution in [0.15, 0.2) is 0 Å². The third-order valence-electron chi connectivity index (χ3n) is 2.02. The Labute approximate surface area is 81.8 Å². The van der Waals surface area contributed by atoms with Crippen LogP contribution in [0, 0.1) is 0 Å². The van der Waals surface area contributed by atoms with Crippen LogP contribution in [0.25, 0.3) is 0 Å². The van der Waals surface area contributed by atoms with Crippen LogP contribution in [0.5, 0.6) is 0 Å². The van der Waals surface area contributed by atoms with E-state index < -0.39 is 16.3 Å². The zero-order valence-electron chi connectivity index (χ0n) is 7.63. The lowest BCUT2D eigenvalue weighted by Gasteiger charge is -2.21. The highest BCUT2D eigenvalue weighted by atomic mass is 32.2. The largest absolute Gasteiger partial charge is 0.464 e. The Bertz CT molecular complexity index is 308. The molecule has 0 radical (unpaired) electrons. The molecule has 0 aromatic rings. The number of carbonyl (C=O) groups is 1. The molecule has 0 aromatic carbocycles. The third-order valence-corrected chi connectivity index (χ3v) is 3.50. The topological polar surface area (TPSA) is 95.9 Å². The summed E-state index contributed by atoms with van der Waals surface area (Å²) in [7, 11) is -2.62. The molecule has 1 fully saturated rings. The maximum Gasteiger partial charge on any atom is 0.419 e. The van der Waals surface area contributed by atoms with Crippen molar-refractivity contribution in [1.82, 2.24) is 9.03 Å². The molecule has 82 valence electrons. The number of carboxylic acid groups (broad SMARTS) is 1. The molecule has 0 spiro atoms. The minimum atomic E-state index is -3.94. The fourth-order valence-electron chi connectivity index (χ4n) is 1.19. The van der Waals surface area contributed by atoms with Gasteiger partial charge < -0.3 is 9.84 Å². The molecule has 1 aliphatic heterocycles. The molecule has 1 aliphatic rings. The van der Waals surface area contributed by atoms with Gasteiger partial charge in [-0.05, 0) is 6.42 Å². The maximum atomic E-state index is 11.3. The van der Waals surface area contributed by atoms with Gasteiger partial charge >= 0.3 is 16.3 Å². The number of amides is 1. The van der Waals surface area contributed by atoms with Crippen molar-refractivity contribution in [2.75, 3.05) is 20.3 Å². The maximum absolute atomic E-state index is 11.3. The van der Waals surface area contributed by atoms with E-state index in [1.807, 2.05) is 0 Å². The predicted octanol–water partition coefficient (Wildman–Crippen LogP) is -0.780. The number of nitrogens with one attached hydrogen (secondary N) is 1. The molecule has 14 heavy (non-hydrogen) atoms. The van der Waals surface area contributed by atoms with Gasteiger partial charge in [-0.25, -0.2) is 9.52 Å². The van der Waals surface area contributed by atoms with Gasteiger partial charge in [0.2, 0.25) is 0 Å². The molecule has 1 heterocycles. The summed E-state index contributed by atoms with van der Waals surface area (Å²) in [6, 6.07) is -0.285. The van der Waals surface area contributed by atoms with Crippen LogP contribution in [-0.4, -0.2) is 50.2 Å². The number of hydrogen-bond acceptors (Lipinski definition) is 4. The Hall–Kier alpha value is -0.860. The van der Waals surface area contributed by atoms with Crippen LogP contribution in [0.2, 0.25) is 0 Å². The molecule has 0 aliphatic carbocycles. The second-order valence-electron chi connectivity index (χ2n) is 2.95. The van der Waals surface area contributed by atoms with E-state index in [0.29, 0.717) is 19.6 Å². The monoisotopic (exact) mass is 224 g/mol. The highest BCUT2D eigenvalue weighted by Gasteiger charge is 2.30. The van der Waals surface area contributed by atoms with Crippen LogP contribution < -0.4 is 4.72 Å². The first kappa shape index (κ1) is 11.2. The predicted molar refractivity (Wildman–Crippen MR) is 47.1 cm³/mol. The molecule has 1 amide bonds. The molecule has 0 bridgehead atoms. The number of ether oxygens (including phenoxy) is 1. The number of rotatable bonds is 3. The Balaban J connectivity index is 2.66. The zero-order valence-corrected chi connectivity index (χ0v) is 8.45. The fraction of sp³-hybridized carbons (Fsp3) is 0.833. The van der Waals surface area contributed by atoms with Crippen LogP contribution >= 0.6 is 0 Å². The van der Waals surface area contributed by atoms with Crippen LogP contribution in [0.1, 0.15) is 6.42 Å². The summed E-state index contributed by atoms with van der Waals surface area (Å²) in [6.07, 6.45) is -1.01. The van der Waals surface area contributed by atoms with Crippen molar-refractivity contribution in [3.05, 3.63) is 0 Å². The van der Waals surface area contributed by atoms with Gasteiger partial charge in [0.25, 0.3) is 0 Å². The van der Waals surface area contributed by atoms with E-state index in [-0.39, 0.29) is 6.04 Å². The quantitative estimate of drug-likeness (QED) is 0.655. The Kier molecular flexibility index (Phi) is 3.29. The molecule has 1 rings (SSSR count). The van der Waals surface area contributed by atoms with E-state index in [4.69, 9.17) is 9.84 Å². The van der Waals surface area contributed by atoms with Gasteiger partial charge in [-0.2, -0.15) is 12.7 Å². The normalized spacial score (nSPS) is 22.6. The SMILES string of the molecule is CN(C1CCOC1)S(=O)(=O)NC(=O)O. The van der Waals surface area contributed by atoms with Crippen LogP contribution in [0.4, 0.5) is 4.79 Å². The minimum Gasteiger partial charge on any atom is -0.464 e. The highest BCUT2D eigenvalue weighted by Crippen LogP contribution is 2.12. The molecule has 7 nitrogen and oxygen atoms in total. The van der Waals surface area contributed by atoms with Gasteiger partial charge in [-0.15, -0.1) is 0 Å². The van der Waals surface area contributed by atoms with Crippen molar-refractivity contribution in [2.24, 2.45) is 0 Å². The van der Waals surface area contributed by atoms with E-state index in [1.165, 1.54) is 11.8 Å². The Morgan fingerprint density at radius 2 is 2.29 bits per heavy atom. The summed E-state index contributed by atoms with van der Waals surface area (Å²) in [5, 5.41) is 8.29. The first-order chi connectivity index (χ1) is 6.43. The lowest BCUT2D eigenvalue weighted by Crippen LogP contribution is -2.46. The number of likely N-dealkylation sites (N-methyl/N-ethyl adjacent to an activating group) is 1. The van der Waals surface area contributed by atoms with Gasteiger partial charge in [0, 0.05) is 13.7 Å². The van der Waals surface area contributed by atoms with E-state index in [0.717, 1.165) is 4.31 Å². The van der Waals surface area contributed by atoms with Gasteiger partial charge in [-0.1, -0.05) is 0 Å². The highest BCUT2D eigenvalue weighted by molar-refractivity contribution is 7.87. The molecule has 1 saturated heterocycles. The molecule has 1 atom stereocenters. The molecule has 1 unspecified atom stereocenters. The summed E-state index contributed by atoms with van der Waals surface area (Å²) in [6.45, 7) is 0.800. The van der Waals surface area contributed by atoms with Crippen molar-refractivity contribution in [2.45, 2.75) is 12.5 Å². The van der Waals surface area contributed by atoms with Gasteiger partial charge in [-0.3, -0.25) is 0 Å². The van der Waals surface area contributed by atoms with E-state index in [2.05, 4.69) is 0 Å². The Morgan fingerprint density at radius 1 is 1.64 bits per heavy atom. The van der Waals surface area contributed by atoms with Crippen molar-refractivity contribution in [3.63, 3.8) is 0 Å². The van der Waals surface area contributed by atoms with Crippen molar-refractivity contribution in [3.8, 4) is 0 Å². The summed E-state index contributed by atoms with van der Waals surface area (Å²) in [5.74, 6) is 0. The van der Waals surface area contributed by atoms with Gasteiger partial charge in [0.1, 0.15) is 0 Å². The average molecular weight is 224 g/mol. The average Bonchev–Trinajstić information content (AvgIpc) is 2.51.